The van der Waals surface area contributed by atoms with Crippen LogP contribution in [0.25, 0.3) is 16.1 Å². The minimum atomic E-state index is -0.819. The van der Waals surface area contributed by atoms with Gasteiger partial charge in [0.25, 0.3) is 5.91 Å². The van der Waals surface area contributed by atoms with Crippen LogP contribution >= 0.6 is 11.3 Å². The number of aromatic nitrogens is 5. The predicted octanol–water partition coefficient (Wildman–Crippen LogP) is 8.40. The van der Waals surface area contributed by atoms with E-state index in [0.29, 0.717) is 61.2 Å². The van der Waals surface area contributed by atoms with Gasteiger partial charge in [0, 0.05) is 50.4 Å². The van der Waals surface area contributed by atoms with Crippen molar-refractivity contribution < 1.29 is 28.7 Å². The lowest BCUT2D eigenvalue weighted by Crippen LogP contribution is -2.58. The molecule has 3 aromatic heterocycles. The Morgan fingerprint density at radius 2 is 1.72 bits per heavy atom. The molecule has 0 radical (unpaired) electrons. The standard InChI is InChI=1S/C58H77N13O6S/c1-9-42(10-2)71-45(11-3)50-44(31-59)62-35-70(50)47-33-61-57(67-53(47)71)65-43-22-21-40(30-48(43)76-8)54(73)64-41-23-27-68(28-24-41)25-13-12-14-29-77-34-49(72)66-52(58(5,6)7)56(75)69-26-15-16-46(69)55(74)60-32-38-17-19-39(20-18-38)51-37(4)63-36-78-51/h17-22,30,33,35-36,41-42,45-46,52H,9-16,23-29,32,34H2,1-8H3,(H,60,74)(H,64,73)(H,66,72)(H,61,65,67). The number of nitriles is 1. The molecule has 20 heteroatoms. The zero-order chi connectivity index (χ0) is 55.5. The van der Waals surface area contributed by atoms with Crippen molar-refractivity contribution in [2.45, 2.75) is 149 Å². The van der Waals surface area contributed by atoms with E-state index in [0.717, 1.165) is 110 Å². The number of likely N-dealkylation sites (tertiary alicyclic amines) is 2. The number of amides is 4. The van der Waals surface area contributed by atoms with E-state index in [9.17, 15) is 24.4 Å². The van der Waals surface area contributed by atoms with E-state index in [-0.39, 0.29) is 48.4 Å². The van der Waals surface area contributed by atoms with Crippen molar-refractivity contribution in [2.75, 3.05) is 56.7 Å². The molecule has 4 amide bonds. The Morgan fingerprint density at radius 3 is 2.40 bits per heavy atom. The van der Waals surface area contributed by atoms with E-state index in [2.05, 4.69) is 72.9 Å². The fourth-order valence-corrected chi connectivity index (χ4v) is 11.8. The summed E-state index contributed by atoms with van der Waals surface area (Å²) in [4.78, 5) is 80.2. The number of nitrogens with one attached hydrogen (secondary N) is 4. The maximum atomic E-state index is 14.0. The van der Waals surface area contributed by atoms with Crippen molar-refractivity contribution in [1.82, 2.24) is 50.3 Å². The van der Waals surface area contributed by atoms with Gasteiger partial charge in [-0.3, -0.25) is 23.7 Å². The Labute approximate surface area is 462 Å². The topological polar surface area (TPSA) is 225 Å². The highest BCUT2D eigenvalue weighted by Crippen LogP contribution is 2.43. The van der Waals surface area contributed by atoms with Crippen molar-refractivity contribution in [3.8, 4) is 27.9 Å². The summed E-state index contributed by atoms with van der Waals surface area (Å²) in [5.74, 6) is 0.664. The minimum absolute atomic E-state index is 0.0508. The number of thiazole rings is 1. The van der Waals surface area contributed by atoms with Crippen LogP contribution in [-0.2, 0) is 25.7 Å². The zero-order valence-electron chi connectivity index (χ0n) is 46.6. The smallest absolute Gasteiger partial charge is 0.251 e. The molecule has 2 aromatic carbocycles. The number of piperidine rings is 1. The summed E-state index contributed by atoms with van der Waals surface area (Å²) in [6.45, 7) is 18.0. The lowest BCUT2D eigenvalue weighted by atomic mass is 9.85. The highest BCUT2D eigenvalue weighted by atomic mass is 32.1. The lowest BCUT2D eigenvalue weighted by molar-refractivity contribution is -0.144. The number of fused-ring (bicyclic) bond motifs is 3. The summed E-state index contributed by atoms with van der Waals surface area (Å²) in [5.41, 5.74) is 7.44. The van der Waals surface area contributed by atoms with Crippen molar-refractivity contribution in [3.63, 3.8) is 0 Å². The molecule has 78 heavy (non-hydrogen) atoms. The summed E-state index contributed by atoms with van der Waals surface area (Å²) >= 11 is 1.60. The molecule has 0 aliphatic carbocycles. The Bertz CT molecular complexity index is 2920. The van der Waals surface area contributed by atoms with Crippen LogP contribution in [0.5, 0.6) is 5.75 Å². The molecule has 4 N–H and O–H groups in total. The van der Waals surface area contributed by atoms with Gasteiger partial charge in [0.15, 0.2) is 11.5 Å². The number of aryl methyl sites for hydroxylation is 1. The number of rotatable bonds is 23. The molecule has 2 fully saturated rings. The minimum Gasteiger partial charge on any atom is -0.495 e. The van der Waals surface area contributed by atoms with Crippen LogP contribution in [-0.4, -0.2) is 129 Å². The first-order valence-corrected chi connectivity index (χ1v) is 28.6. The third-order valence-corrected chi connectivity index (χ3v) is 16.3. The SMILES string of the molecule is CCC(CC)N1c2nc(Nc3ccc(C(=O)NC4CCN(CCCCCOCC(=O)NC(C(=O)N5CCCC5C(=O)NCc5ccc(-c6scnc6C)cc5)C(C)(C)C)CC4)cc3OC)ncc2-n2cnc(C#N)c2C1CC. The third-order valence-electron chi connectivity index (χ3n) is 15.4. The second-order valence-corrected chi connectivity index (χ2v) is 22.5. The molecule has 3 atom stereocenters. The normalized spacial score (nSPS) is 17.0. The van der Waals surface area contributed by atoms with Gasteiger partial charge in [-0.1, -0.05) is 65.8 Å². The summed E-state index contributed by atoms with van der Waals surface area (Å²) in [5, 5.41) is 22.4. The first-order chi connectivity index (χ1) is 37.6. The number of imidazole rings is 1. The zero-order valence-corrected chi connectivity index (χ0v) is 47.4. The summed E-state index contributed by atoms with van der Waals surface area (Å²) in [6.07, 6.45) is 11.7. The van der Waals surface area contributed by atoms with Crippen LogP contribution < -0.4 is 30.9 Å². The molecular formula is C58H77N13O6S. The fourth-order valence-electron chi connectivity index (χ4n) is 11.0. The van der Waals surface area contributed by atoms with Gasteiger partial charge in [-0.25, -0.2) is 15.0 Å². The fraction of sp³-hybridized carbons (Fsp3) is 0.534. The molecule has 0 spiro atoms. The molecule has 0 bridgehead atoms. The molecule has 8 rings (SSSR count). The maximum Gasteiger partial charge on any atom is 0.251 e. The van der Waals surface area contributed by atoms with E-state index < -0.39 is 17.5 Å². The number of hydrogen-bond acceptors (Lipinski definition) is 15. The van der Waals surface area contributed by atoms with Crippen molar-refractivity contribution in [1.29, 1.82) is 5.26 Å². The highest BCUT2D eigenvalue weighted by Gasteiger charge is 2.42. The number of anilines is 3. The predicted molar refractivity (Wildman–Crippen MR) is 302 cm³/mol. The van der Waals surface area contributed by atoms with Gasteiger partial charge in [-0.15, -0.1) is 11.3 Å². The Hall–Kier alpha value is -6.95. The van der Waals surface area contributed by atoms with Gasteiger partial charge >= 0.3 is 0 Å². The molecule has 416 valence electrons. The highest BCUT2D eigenvalue weighted by molar-refractivity contribution is 7.13. The summed E-state index contributed by atoms with van der Waals surface area (Å²) in [7, 11) is 1.57. The molecule has 0 saturated carbocycles. The maximum absolute atomic E-state index is 14.0. The van der Waals surface area contributed by atoms with Gasteiger partial charge in [0.05, 0.1) is 46.8 Å². The van der Waals surface area contributed by atoms with Crippen LogP contribution in [0.4, 0.5) is 17.5 Å². The van der Waals surface area contributed by atoms with Gasteiger partial charge in [-0.2, -0.15) is 10.2 Å². The van der Waals surface area contributed by atoms with E-state index in [1.54, 1.807) is 48.0 Å². The molecule has 2 saturated heterocycles. The van der Waals surface area contributed by atoms with Gasteiger partial charge < -0.3 is 45.4 Å². The number of methoxy groups -OCH3 is 1. The molecule has 3 unspecified atom stereocenters. The molecule has 6 heterocycles. The summed E-state index contributed by atoms with van der Waals surface area (Å²) in [6, 6.07) is 14.4. The molecule has 19 nitrogen and oxygen atoms in total. The van der Waals surface area contributed by atoms with Crippen LogP contribution in [0.1, 0.15) is 145 Å². The first-order valence-electron chi connectivity index (χ1n) is 27.7. The Morgan fingerprint density at radius 1 is 0.949 bits per heavy atom. The Balaban J connectivity index is 0.732. The van der Waals surface area contributed by atoms with E-state index in [4.69, 9.17) is 14.5 Å². The molecular weight excluding hydrogens is 1010 g/mol. The van der Waals surface area contributed by atoms with Crippen LogP contribution in [0.15, 0.2) is 60.5 Å². The van der Waals surface area contributed by atoms with Crippen molar-refractivity contribution >= 4 is 52.4 Å². The number of hydrogen-bond donors (Lipinski definition) is 4. The first kappa shape index (κ1) is 57.2. The van der Waals surface area contributed by atoms with Gasteiger partial charge in [0.2, 0.25) is 23.7 Å². The molecule has 3 aliphatic rings. The average Bonchev–Trinajstić information content (AvgIpc) is 4.40. The van der Waals surface area contributed by atoms with Crippen LogP contribution in [0, 0.1) is 23.7 Å². The number of ether oxygens (including phenoxy) is 2. The number of carbonyl (C=O) groups is 4. The average molecular weight is 1080 g/mol. The monoisotopic (exact) mass is 1080 g/mol. The van der Waals surface area contributed by atoms with E-state index >= 15 is 0 Å². The van der Waals surface area contributed by atoms with Gasteiger partial charge in [-0.05, 0) is 112 Å². The second-order valence-electron chi connectivity index (χ2n) is 21.6. The second kappa shape index (κ2) is 26.1. The van der Waals surface area contributed by atoms with Crippen molar-refractivity contribution in [3.05, 3.63) is 88.7 Å². The van der Waals surface area contributed by atoms with Crippen molar-refractivity contribution in [2.24, 2.45) is 5.41 Å². The number of unbranched alkanes of at least 4 members (excludes halogenated alkanes) is 2. The Kier molecular flexibility index (Phi) is 19.2. The molecule has 3 aliphatic heterocycles. The number of benzene rings is 2. The van der Waals surface area contributed by atoms with E-state index in [1.807, 2.05) is 68.1 Å². The van der Waals surface area contributed by atoms with Crippen LogP contribution in [0.3, 0.4) is 0 Å². The summed E-state index contributed by atoms with van der Waals surface area (Å²) < 4.78 is 13.5. The van der Waals surface area contributed by atoms with E-state index in [1.165, 1.54) is 0 Å². The molecule has 5 aromatic rings. The quantitative estimate of drug-likeness (QED) is 0.0451. The largest absolute Gasteiger partial charge is 0.495 e. The lowest BCUT2D eigenvalue weighted by Gasteiger charge is -2.42. The van der Waals surface area contributed by atoms with Gasteiger partial charge in [0.1, 0.15) is 42.5 Å². The number of nitrogens with zero attached hydrogens (tertiary/aromatic N) is 9. The number of carbonyl (C=O) groups excluding carboxylic acids is 4. The third kappa shape index (κ3) is 13.3. The van der Waals surface area contributed by atoms with Crippen LogP contribution in [0.2, 0.25) is 0 Å².